The SMILES string of the molecule is Cc1cc(C(F)(F)F)ccc1C(=O)Nc1ccc(Cn2nc(C(C)C)c(CC(=O)O)c2C(C)C)cc1. The number of hydrogen-bond donors (Lipinski definition) is 2. The Kier molecular flexibility index (Phi) is 7.91. The number of aryl methyl sites for hydroxylation is 1. The van der Waals surface area contributed by atoms with Crippen LogP contribution in [0.25, 0.3) is 0 Å². The molecular weight excluding hydrogens is 471 g/mol. The molecule has 9 heteroatoms. The van der Waals surface area contributed by atoms with Gasteiger partial charge in [0.05, 0.1) is 24.2 Å². The van der Waals surface area contributed by atoms with E-state index < -0.39 is 23.6 Å². The molecule has 0 radical (unpaired) electrons. The number of carboxylic acid groups (broad SMARTS) is 1. The second-order valence-electron chi connectivity index (χ2n) is 9.47. The third-order valence-corrected chi connectivity index (χ3v) is 5.89. The number of amides is 1. The topological polar surface area (TPSA) is 84.2 Å². The van der Waals surface area contributed by atoms with E-state index >= 15 is 0 Å². The molecule has 0 atom stereocenters. The maximum atomic E-state index is 12.9. The number of aliphatic carboxylic acids is 1. The van der Waals surface area contributed by atoms with Gasteiger partial charge < -0.3 is 10.4 Å². The summed E-state index contributed by atoms with van der Waals surface area (Å²) in [5, 5.41) is 16.9. The number of carbonyl (C=O) groups excluding carboxylic acids is 1. The first-order valence-corrected chi connectivity index (χ1v) is 11.7. The van der Waals surface area contributed by atoms with Gasteiger partial charge in [0.2, 0.25) is 0 Å². The monoisotopic (exact) mass is 501 g/mol. The number of hydrogen-bond acceptors (Lipinski definition) is 3. The van der Waals surface area contributed by atoms with Gasteiger partial charge in [-0.3, -0.25) is 14.3 Å². The summed E-state index contributed by atoms with van der Waals surface area (Å²) in [4.78, 5) is 24.1. The van der Waals surface area contributed by atoms with Crippen LogP contribution in [0.3, 0.4) is 0 Å². The van der Waals surface area contributed by atoms with Crippen molar-refractivity contribution >= 4 is 17.6 Å². The van der Waals surface area contributed by atoms with Crippen molar-refractivity contribution in [2.45, 2.75) is 65.6 Å². The van der Waals surface area contributed by atoms with E-state index in [1.54, 1.807) is 12.1 Å². The maximum Gasteiger partial charge on any atom is 0.416 e. The second kappa shape index (κ2) is 10.6. The standard InChI is InChI=1S/C27H30F3N3O3/c1-15(2)24-22(13-23(34)35)25(16(3)4)33(32-24)14-18-6-9-20(10-7-18)31-26(36)21-11-8-19(12-17(21)5)27(28,29)30/h6-12,15-16H,13-14H2,1-5H3,(H,31,36)(H,34,35). The molecule has 0 bridgehead atoms. The lowest BCUT2D eigenvalue weighted by Crippen LogP contribution is -2.15. The fourth-order valence-corrected chi connectivity index (χ4v) is 4.25. The van der Waals surface area contributed by atoms with Crippen LogP contribution in [-0.4, -0.2) is 26.8 Å². The van der Waals surface area contributed by atoms with Crippen molar-refractivity contribution in [2.75, 3.05) is 5.32 Å². The van der Waals surface area contributed by atoms with Crippen molar-refractivity contribution in [3.63, 3.8) is 0 Å². The molecule has 6 nitrogen and oxygen atoms in total. The van der Waals surface area contributed by atoms with Gasteiger partial charge >= 0.3 is 12.1 Å². The fourth-order valence-electron chi connectivity index (χ4n) is 4.25. The van der Waals surface area contributed by atoms with E-state index in [4.69, 9.17) is 5.10 Å². The van der Waals surface area contributed by atoms with Gasteiger partial charge in [0.15, 0.2) is 0 Å². The Hall–Kier alpha value is -3.62. The third-order valence-electron chi connectivity index (χ3n) is 5.89. The molecule has 0 aliphatic rings. The summed E-state index contributed by atoms with van der Waals surface area (Å²) in [7, 11) is 0. The molecule has 2 aromatic carbocycles. The molecule has 0 fully saturated rings. The highest BCUT2D eigenvalue weighted by atomic mass is 19.4. The average Bonchev–Trinajstić information content (AvgIpc) is 3.11. The lowest BCUT2D eigenvalue weighted by Gasteiger charge is -2.13. The summed E-state index contributed by atoms with van der Waals surface area (Å²) in [5.41, 5.74) is 3.42. The van der Waals surface area contributed by atoms with Crippen LogP contribution in [0, 0.1) is 6.92 Å². The van der Waals surface area contributed by atoms with Crippen LogP contribution in [0.4, 0.5) is 18.9 Å². The molecule has 2 N–H and O–H groups in total. The van der Waals surface area contributed by atoms with Crippen molar-refractivity contribution in [1.82, 2.24) is 9.78 Å². The van der Waals surface area contributed by atoms with Crippen molar-refractivity contribution in [1.29, 1.82) is 0 Å². The van der Waals surface area contributed by atoms with Crippen molar-refractivity contribution in [3.8, 4) is 0 Å². The number of carboxylic acids is 1. The van der Waals surface area contributed by atoms with Crippen LogP contribution >= 0.6 is 0 Å². The molecule has 0 spiro atoms. The van der Waals surface area contributed by atoms with Gasteiger partial charge in [0, 0.05) is 22.5 Å². The van der Waals surface area contributed by atoms with Gasteiger partial charge in [0.25, 0.3) is 5.91 Å². The Morgan fingerprint density at radius 3 is 2.17 bits per heavy atom. The molecule has 1 amide bonds. The van der Waals surface area contributed by atoms with Crippen LogP contribution in [0.5, 0.6) is 0 Å². The number of alkyl halides is 3. The number of halogens is 3. The smallest absolute Gasteiger partial charge is 0.416 e. The number of nitrogens with one attached hydrogen (secondary N) is 1. The molecule has 0 saturated heterocycles. The third kappa shape index (κ3) is 6.13. The van der Waals surface area contributed by atoms with Crippen LogP contribution in [0.15, 0.2) is 42.5 Å². The highest BCUT2D eigenvalue weighted by Crippen LogP contribution is 2.31. The van der Waals surface area contributed by atoms with Gasteiger partial charge in [-0.05, 0) is 60.2 Å². The van der Waals surface area contributed by atoms with E-state index in [0.717, 1.165) is 34.6 Å². The molecule has 0 unspecified atom stereocenters. The summed E-state index contributed by atoms with van der Waals surface area (Å²) in [6.45, 7) is 9.87. The molecule has 0 aliphatic heterocycles. The molecule has 1 aromatic heterocycles. The molecule has 36 heavy (non-hydrogen) atoms. The number of carbonyl (C=O) groups is 2. The number of rotatable bonds is 8. The van der Waals surface area contributed by atoms with E-state index in [0.29, 0.717) is 12.2 Å². The van der Waals surface area contributed by atoms with Crippen molar-refractivity contribution in [3.05, 3.63) is 81.7 Å². The predicted molar refractivity (Wildman–Crippen MR) is 131 cm³/mol. The highest BCUT2D eigenvalue weighted by Gasteiger charge is 2.31. The minimum absolute atomic E-state index is 0.0735. The lowest BCUT2D eigenvalue weighted by molar-refractivity contribution is -0.138. The van der Waals surface area contributed by atoms with Crippen molar-refractivity contribution in [2.24, 2.45) is 0 Å². The van der Waals surface area contributed by atoms with E-state index in [-0.39, 0.29) is 29.4 Å². The zero-order chi connectivity index (χ0) is 26.8. The summed E-state index contributed by atoms with van der Waals surface area (Å²) < 4.78 is 40.5. The zero-order valence-corrected chi connectivity index (χ0v) is 20.9. The summed E-state index contributed by atoms with van der Waals surface area (Å²) in [6, 6.07) is 10.1. The van der Waals surface area contributed by atoms with Crippen LogP contribution in [-0.2, 0) is 23.9 Å². The molecule has 0 saturated carbocycles. The highest BCUT2D eigenvalue weighted by molar-refractivity contribution is 6.05. The quantitative estimate of drug-likeness (QED) is 0.375. The van der Waals surface area contributed by atoms with Gasteiger partial charge in [-0.1, -0.05) is 39.8 Å². The molecule has 3 rings (SSSR count). The minimum Gasteiger partial charge on any atom is -0.481 e. The lowest BCUT2D eigenvalue weighted by atomic mass is 9.96. The molecule has 0 aliphatic carbocycles. The Balaban J connectivity index is 1.80. The number of benzene rings is 2. The van der Waals surface area contributed by atoms with E-state index in [9.17, 15) is 27.9 Å². The number of anilines is 1. The predicted octanol–water partition coefficient (Wildman–Crippen LogP) is 6.38. The molecule has 1 heterocycles. The normalized spacial score (nSPS) is 11.8. The van der Waals surface area contributed by atoms with Crippen LogP contribution in [0.2, 0.25) is 0 Å². The van der Waals surface area contributed by atoms with Gasteiger partial charge in [-0.25, -0.2) is 0 Å². The van der Waals surface area contributed by atoms with Gasteiger partial charge in [-0.15, -0.1) is 0 Å². The number of nitrogens with zero attached hydrogens (tertiary/aromatic N) is 2. The average molecular weight is 502 g/mol. The Bertz CT molecular complexity index is 1260. The Morgan fingerprint density at radius 1 is 1.03 bits per heavy atom. The first-order valence-electron chi connectivity index (χ1n) is 11.7. The Labute approximate surface area is 208 Å². The summed E-state index contributed by atoms with van der Waals surface area (Å²) in [6.07, 6.45) is -4.56. The first kappa shape index (κ1) is 27.0. The first-order chi connectivity index (χ1) is 16.8. The molecule has 192 valence electrons. The minimum atomic E-state index is -4.47. The van der Waals surface area contributed by atoms with E-state index in [2.05, 4.69) is 5.32 Å². The van der Waals surface area contributed by atoms with E-state index in [1.807, 2.05) is 44.5 Å². The van der Waals surface area contributed by atoms with Crippen molar-refractivity contribution < 1.29 is 27.9 Å². The maximum absolute atomic E-state index is 12.9. The van der Waals surface area contributed by atoms with Crippen LogP contribution < -0.4 is 5.32 Å². The van der Waals surface area contributed by atoms with E-state index in [1.165, 1.54) is 13.0 Å². The largest absolute Gasteiger partial charge is 0.481 e. The fraction of sp³-hybridized carbons (Fsp3) is 0.370. The molecular formula is C27H30F3N3O3. The summed E-state index contributed by atoms with van der Waals surface area (Å²) >= 11 is 0. The summed E-state index contributed by atoms with van der Waals surface area (Å²) in [5.74, 6) is -1.25. The van der Waals surface area contributed by atoms with Gasteiger partial charge in [0.1, 0.15) is 0 Å². The second-order valence-corrected chi connectivity index (χ2v) is 9.47. The van der Waals surface area contributed by atoms with Crippen LogP contribution in [0.1, 0.15) is 83.5 Å². The number of aromatic nitrogens is 2. The zero-order valence-electron chi connectivity index (χ0n) is 20.9. The Morgan fingerprint density at radius 2 is 1.67 bits per heavy atom. The van der Waals surface area contributed by atoms with Gasteiger partial charge in [-0.2, -0.15) is 18.3 Å². The molecule has 3 aromatic rings.